The summed E-state index contributed by atoms with van der Waals surface area (Å²) in [6.07, 6.45) is 5.58. The highest BCUT2D eigenvalue weighted by molar-refractivity contribution is 5.42. The van der Waals surface area contributed by atoms with Gasteiger partial charge in [-0.2, -0.15) is 0 Å². The van der Waals surface area contributed by atoms with Gasteiger partial charge in [-0.15, -0.1) is 0 Å². The summed E-state index contributed by atoms with van der Waals surface area (Å²) in [5, 5.41) is 3.53. The molecule has 14 heavy (non-hydrogen) atoms. The van der Waals surface area contributed by atoms with Crippen molar-refractivity contribution in [1.82, 2.24) is 0 Å². The van der Waals surface area contributed by atoms with E-state index in [9.17, 15) is 0 Å². The zero-order valence-electron chi connectivity index (χ0n) is 8.92. The van der Waals surface area contributed by atoms with Gasteiger partial charge in [-0.05, 0) is 30.4 Å². The van der Waals surface area contributed by atoms with Crippen LogP contribution in [0.1, 0.15) is 32.6 Å². The Balaban J connectivity index is 1.88. The molecule has 0 bridgehead atoms. The van der Waals surface area contributed by atoms with Crippen LogP contribution < -0.4 is 5.32 Å². The molecule has 1 aromatic rings. The molecule has 1 aliphatic rings. The van der Waals surface area contributed by atoms with Gasteiger partial charge < -0.3 is 5.32 Å². The number of anilines is 1. The lowest BCUT2D eigenvalue weighted by Crippen LogP contribution is -2.22. The minimum absolute atomic E-state index is 0.538. The summed E-state index contributed by atoms with van der Waals surface area (Å²) in [7, 11) is 0. The summed E-state index contributed by atoms with van der Waals surface area (Å²) in [4.78, 5) is 0. The average molecular weight is 189 g/mol. The van der Waals surface area contributed by atoms with Crippen LogP contribution in [-0.4, -0.2) is 6.54 Å². The van der Waals surface area contributed by atoms with E-state index in [-0.39, 0.29) is 0 Å². The van der Waals surface area contributed by atoms with Gasteiger partial charge in [0, 0.05) is 12.2 Å². The summed E-state index contributed by atoms with van der Waals surface area (Å²) < 4.78 is 0. The van der Waals surface area contributed by atoms with Gasteiger partial charge in [0.05, 0.1) is 0 Å². The molecule has 0 radical (unpaired) electrons. The van der Waals surface area contributed by atoms with Gasteiger partial charge in [0.1, 0.15) is 0 Å². The second-order valence-electron chi connectivity index (χ2n) is 4.74. The maximum Gasteiger partial charge on any atom is 0.0340 e. The van der Waals surface area contributed by atoms with Crippen molar-refractivity contribution < 1.29 is 0 Å². The second kappa shape index (κ2) is 4.04. The Kier molecular flexibility index (Phi) is 2.76. The monoisotopic (exact) mass is 189 g/mol. The largest absolute Gasteiger partial charge is 0.384 e. The van der Waals surface area contributed by atoms with Crippen molar-refractivity contribution in [3.05, 3.63) is 30.3 Å². The van der Waals surface area contributed by atoms with Crippen LogP contribution in [-0.2, 0) is 0 Å². The number of hydrogen-bond acceptors (Lipinski definition) is 1. The van der Waals surface area contributed by atoms with E-state index in [0.717, 1.165) is 6.54 Å². The maximum absolute atomic E-state index is 3.53. The maximum atomic E-state index is 3.53. The fourth-order valence-corrected chi connectivity index (χ4v) is 2.28. The van der Waals surface area contributed by atoms with Gasteiger partial charge >= 0.3 is 0 Å². The number of rotatable bonds is 3. The van der Waals surface area contributed by atoms with E-state index < -0.39 is 0 Å². The second-order valence-corrected chi connectivity index (χ2v) is 4.74. The van der Waals surface area contributed by atoms with Crippen LogP contribution in [0.25, 0.3) is 0 Å². The predicted octanol–water partition coefficient (Wildman–Crippen LogP) is 3.68. The summed E-state index contributed by atoms with van der Waals surface area (Å²) in [5.74, 6) is 0. The summed E-state index contributed by atoms with van der Waals surface area (Å²) >= 11 is 0. The Morgan fingerprint density at radius 2 is 1.79 bits per heavy atom. The first kappa shape index (κ1) is 9.57. The molecule has 0 aliphatic heterocycles. The van der Waals surface area contributed by atoms with Gasteiger partial charge in [-0.25, -0.2) is 0 Å². The van der Waals surface area contributed by atoms with E-state index in [1.54, 1.807) is 0 Å². The van der Waals surface area contributed by atoms with Crippen LogP contribution in [0.2, 0.25) is 0 Å². The first-order valence-electron chi connectivity index (χ1n) is 5.57. The van der Waals surface area contributed by atoms with E-state index in [1.807, 2.05) is 0 Å². The molecule has 1 heteroatoms. The molecule has 76 valence electrons. The van der Waals surface area contributed by atoms with Crippen LogP contribution in [0.3, 0.4) is 0 Å². The molecule has 1 fully saturated rings. The zero-order valence-corrected chi connectivity index (χ0v) is 8.92. The van der Waals surface area contributed by atoms with E-state index in [0.29, 0.717) is 5.41 Å². The lowest BCUT2D eigenvalue weighted by molar-refractivity contribution is 0.362. The third-order valence-electron chi connectivity index (χ3n) is 3.30. The number of benzene rings is 1. The SMILES string of the molecule is CC1(CNc2ccccc2)CCCC1. The van der Waals surface area contributed by atoms with Crippen molar-refractivity contribution in [1.29, 1.82) is 0 Å². The van der Waals surface area contributed by atoms with Crippen LogP contribution in [0, 0.1) is 5.41 Å². The molecule has 1 saturated carbocycles. The van der Waals surface area contributed by atoms with Crippen molar-refractivity contribution in [2.45, 2.75) is 32.6 Å². The van der Waals surface area contributed by atoms with Crippen molar-refractivity contribution >= 4 is 5.69 Å². The summed E-state index contributed by atoms with van der Waals surface area (Å²) in [6, 6.07) is 10.5. The van der Waals surface area contributed by atoms with Gasteiger partial charge in [-0.1, -0.05) is 38.0 Å². The quantitative estimate of drug-likeness (QED) is 0.764. The fourth-order valence-electron chi connectivity index (χ4n) is 2.28. The molecule has 1 aliphatic carbocycles. The van der Waals surface area contributed by atoms with Crippen molar-refractivity contribution in [2.24, 2.45) is 5.41 Å². The van der Waals surface area contributed by atoms with Crippen LogP contribution in [0.15, 0.2) is 30.3 Å². The molecular weight excluding hydrogens is 170 g/mol. The molecule has 1 N–H and O–H groups in total. The number of hydrogen-bond donors (Lipinski definition) is 1. The average Bonchev–Trinajstić information content (AvgIpc) is 2.65. The normalized spacial score (nSPS) is 19.5. The molecule has 0 heterocycles. The minimum atomic E-state index is 0.538. The summed E-state index contributed by atoms with van der Waals surface area (Å²) in [6.45, 7) is 3.52. The van der Waals surface area contributed by atoms with Crippen molar-refractivity contribution in [3.63, 3.8) is 0 Å². The Morgan fingerprint density at radius 1 is 1.14 bits per heavy atom. The number of para-hydroxylation sites is 1. The van der Waals surface area contributed by atoms with Crippen LogP contribution in [0.4, 0.5) is 5.69 Å². The van der Waals surface area contributed by atoms with Crippen LogP contribution in [0.5, 0.6) is 0 Å². The highest BCUT2D eigenvalue weighted by Crippen LogP contribution is 2.37. The van der Waals surface area contributed by atoms with Crippen LogP contribution >= 0.6 is 0 Å². The third-order valence-corrected chi connectivity index (χ3v) is 3.30. The standard InChI is InChI=1S/C13H19N/c1-13(9-5-6-10-13)11-14-12-7-3-2-4-8-12/h2-4,7-8,14H,5-6,9-11H2,1H3. The molecule has 0 saturated heterocycles. The molecule has 0 unspecified atom stereocenters. The van der Waals surface area contributed by atoms with E-state index >= 15 is 0 Å². The lowest BCUT2D eigenvalue weighted by atomic mass is 9.89. The minimum Gasteiger partial charge on any atom is -0.384 e. The third kappa shape index (κ3) is 2.28. The predicted molar refractivity (Wildman–Crippen MR) is 61.5 cm³/mol. The van der Waals surface area contributed by atoms with Gasteiger partial charge in [0.2, 0.25) is 0 Å². The fraction of sp³-hybridized carbons (Fsp3) is 0.538. The molecule has 1 aromatic carbocycles. The highest BCUT2D eigenvalue weighted by Gasteiger charge is 2.27. The molecule has 1 nitrogen and oxygen atoms in total. The van der Waals surface area contributed by atoms with Crippen molar-refractivity contribution in [3.8, 4) is 0 Å². The Labute approximate surface area is 86.5 Å². The van der Waals surface area contributed by atoms with E-state index in [4.69, 9.17) is 0 Å². The first-order chi connectivity index (χ1) is 6.79. The van der Waals surface area contributed by atoms with E-state index in [2.05, 4.69) is 42.6 Å². The molecule has 0 amide bonds. The molecular formula is C13H19N. The Hall–Kier alpha value is -0.980. The highest BCUT2D eigenvalue weighted by atomic mass is 14.9. The van der Waals surface area contributed by atoms with Gasteiger partial charge in [0.15, 0.2) is 0 Å². The van der Waals surface area contributed by atoms with E-state index in [1.165, 1.54) is 31.4 Å². The van der Waals surface area contributed by atoms with Gasteiger partial charge in [-0.3, -0.25) is 0 Å². The Bertz CT molecular complexity index is 273. The molecule has 0 atom stereocenters. The summed E-state index contributed by atoms with van der Waals surface area (Å²) in [5.41, 5.74) is 1.79. The molecule has 0 aromatic heterocycles. The smallest absolute Gasteiger partial charge is 0.0340 e. The van der Waals surface area contributed by atoms with Crippen molar-refractivity contribution in [2.75, 3.05) is 11.9 Å². The number of nitrogens with one attached hydrogen (secondary N) is 1. The lowest BCUT2D eigenvalue weighted by Gasteiger charge is -2.24. The first-order valence-corrected chi connectivity index (χ1v) is 5.57. The molecule has 2 rings (SSSR count). The topological polar surface area (TPSA) is 12.0 Å². The Morgan fingerprint density at radius 3 is 2.43 bits per heavy atom. The van der Waals surface area contributed by atoms with Gasteiger partial charge in [0.25, 0.3) is 0 Å². The molecule has 0 spiro atoms. The zero-order chi connectivity index (χ0) is 9.86.